The van der Waals surface area contributed by atoms with Crippen LogP contribution in [0.4, 0.5) is 15.4 Å². The van der Waals surface area contributed by atoms with E-state index in [-0.39, 0.29) is 36.8 Å². The smallest absolute Gasteiger partial charge is 0.426 e. The highest BCUT2D eigenvalue weighted by Gasteiger charge is 2.39. The van der Waals surface area contributed by atoms with E-state index in [4.69, 9.17) is 18.9 Å². The number of nitrogens with one attached hydrogen (secondary N) is 2. The van der Waals surface area contributed by atoms with Crippen molar-refractivity contribution in [3.8, 4) is 11.1 Å². The minimum absolute atomic E-state index is 0.0273. The number of nitrogens with zero attached hydrogens (tertiary/aromatic N) is 3. The van der Waals surface area contributed by atoms with Crippen molar-refractivity contribution < 1.29 is 48.3 Å². The number of amides is 3. The van der Waals surface area contributed by atoms with E-state index in [1.165, 1.54) is 12.3 Å². The van der Waals surface area contributed by atoms with Gasteiger partial charge in [-0.2, -0.15) is 4.98 Å². The van der Waals surface area contributed by atoms with Crippen molar-refractivity contribution in [3.05, 3.63) is 94.6 Å². The predicted octanol–water partition coefficient (Wildman–Crippen LogP) is 4.95. The topological polar surface area (TPSA) is 208 Å². The third kappa shape index (κ3) is 9.92. The van der Waals surface area contributed by atoms with Crippen LogP contribution in [0.25, 0.3) is 11.1 Å². The van der Waals surface area contributed by atoms with Crippen molar-refractivity contribution in [2.24, 2.45) is 5.92 Å². The molecule has 2 heterocycles. The summed E-state index contributed by atoms with van der Waals surface area (Å²) < 4.78 is 23.2. The summed E-state index contributed by atoms with van der Waals surface area (Å²) in [5, 5.41) is 22.9. The quantitative estimate of drug-likeness (QED) is 0.0739. The lowest BCUT2D eigenvalue weighted by Gasteiger charge is -2.31. The van der Waals surface area contributed by atoms with Crippen LogP contribution in [0.3, 0.4) is 0 Å². The summed E-state index contributed by atoms with van der Waals surface area (Å²) in [7, 11) is 0. The first-order valence-electron chi connectivity index (χ1n) is 19.7. The van der Waals surface area contributed by atoms with Crippen molar-refractivity contribution in [3.63, 3.8) is 0 Å². The molecule has 58 heavy (non-hydrogen) atoms. The Kier molecular flexibility index (Phi) is 13.9. The molecule has 4 atom stereocenters. The van der Waals surface area contributed by atoms with Crippen LogP contribution < -0.4 is 16.4 Å². The molecule has 3 amide bonds. The number of aliphatic hydroxyl groups is 2. The molecule has 1 saturated heterocycles. The normalized spacial score (nSPS) is 19.5. The summed E-state index contributed by atoms with van der Waals surface area (Å²) >= 11 is 0. The van der Waals surface area contributed by atoms with Crippen LogP contribution in [0.1, 0.15) is 88.5 Å². The lowest BCUT2D eigenvalue weighted by Crippen LogP contribution is -2.56. The highest BCUT2D eigenvalue weighted by molar-refractivity contribution is 5.87. The molecular formula is C42H51N5O11. The maximum absolute atomic E-state index is 14.0. The molecule has 1 aromatic heterocycles. The van der Waals surface area contributed by atoms with E-state index in [9.17, 15) is 34.2 Å². The summed E-state index contributed by atoms with van der Waals surface area (Å²) in [5.41, 5.74) is 5.96. The Labute approximate surface area is 336 Å². The number of hydrazine groups is 1. The first-order chi connectivity index (χ1) is 27.9. The number of rotatable bonds is 14. The summed E-state index contributed by atoms with van der Waals surface area (Å²) in [4.78, 5) is 70.6. The zero-order valence-electron chi connectivity index (χ0n) is 32.7. The van der Waals surface area contributed by atoms with Gasteiger partial charge in [-0.15, -0.1) is 0 Å². The second-order valence-corrected chi connectivity index (χ2v) is 15.0. The molecule has 2 aromatic carbocycles. The zero-order chi connectivity index (χ0) is 41.3. The summed E-state index contributed by atoms with van der Waals surface area (Å²) in [6, 6.07) is 15.7. The van der Waals surface area contributed by atoms with E-state index in [2.05, 4.69) is 22.3 Å². The first kappa shape index (κ1) is 42.0. The molecule has 1 saturated carbocycles. The van der Waals surface area contributed by atoms with E-state index >= 15 is 0 Å². The molecular weight excluding hydrogens is 750 g/mol. The monoisotopic (exact) mass is 801 g/mol. The van der Waals surface area contributed by atoms with Crippen LogP contribution in [0.15, 0.2) is 77.7 Å². The van der Waals surface area contributed by atoms with Crippen molar-refractivity contribution in [2.75, 3.05) is 25.1 Å². The average molecular weight is 802 g/mol. The maximum atomic E-state index is 14.0. The molecule has 3 aliphatic rings. The van der Waals surface area contributed by atoms with Crippen LogP contribution in [0.2, 0.25) is 0 Å². The van der Waals surface area contributed by atoms with Crippen molar-refractivity contribution in [1.29, 1.82) is 0 Å². The molecule has 4 N–H and O–H groups in total. The summed E-state index contributed by atoms with van der Waals surface area (Å²) in [6.07, 6.45) is 1.19. The number of aromatic nitrogens is 2. The average Bonchev–Trinajstić information content (AvgIpc) is 3.69. The van der Waals surface area contributed by atoms with Crippen LogP contribution in [-0.2, 0) is 28.5 Å². The Morgan fingerprint density at radius 1 is 0.983 bits per heavy atom. The Morgan fingerprint density at radius 3 is 2.28 bits per heavy atom. The number of fused-ring (bicyclic) bond motifs is 3. The minimum atomic E-state index is -1.39. The first-order valence-corrected chi connectivity index (χ1v) is 19.7. The molecule has 0 spiro atoms. The Bertz CT molecular complexity index is 1980. The molecule has 16 nitrogen and oxygen atoms in total. The van der Waals surface area contributed by atoms with E-state index in [0.717, 1.165) is 63.9 Å². The van der Waals surface area contributed by atoms with E-state index < -0.39 is 73.5 Å². The molecule has 2 aliphatic carbocycles. The van der Waals surface area contributed by atoms with E-state index in [1.54, 1.807) is 13.8 Å². The van der Waals surface area contributed by atoms with Gasteiger partial charge in [-0.05, 0) is 54.5 Å². The Balaban J connectivity index is 1.13. The molecule has 0 radical (unpaired) electrons. The summed E-state index contributed by atoms with van der Waals surface area (Å²) in [5.74, 6) is -1.41. The molecule has 16 heteroatoms. The number of esters is 1. The third-order valence-electron chi connectivity index (χ3n) is 10.7. The lowest BCUT2D eigenvalue weighted by atomic mass is 9.86. The van der Waals surface area contributed by atoms with E-state index in [0.29, 0.717) is 12.3 Å². The van der Waals surface area contributed by atoms with Crippen LogP contribution in [0.5, 0.6) is 0 Å². The summed E-state index contributed by atoms with van der Waals surface area (Å²) in [6.45, 7) is 6.11. The predicted molar refractivity (Wildman–Crippen MR) is 210 cm³/mol. The van der Waals surface area contributed by atoms with Gasteiger partial charge in [0.1, 0.15) is 24.6 Å². The SMILES string of the molecule is C=C1[C@H](n2ccc(NC(=O)OCC[C@H](C(=O)OC(C)C)N(NC(=O)OCC3c4ccccc4-c4ccccc43)C(=O)CCC3CCCCC3)nc2=O)O[C@H](CO)[C@H]1O. The Hall–Kier alpha value is -5.58. The van der Waals surface area contributed by atoms with Gasteiger partial charge in [-0.1, -0.05) is 87.2 Å². The van der Waals surface area contributed by atoms with Crippen LogP contribution in [-0.4, -0.2) is 93.0 Å². The van der Waals surface area contributed by atoms with Gasteiger partial charge in [-0.25, -0.2) is 29.6 Å². The van der Waals surface area contributed by atoms with Gasteiger partial charge in [0.2, 0.25) is 5.91 Å². The van der Waals surface area contributed by atoms with Gasteiger partial charge in [0.05, 0.1) is 19.3 Å². The number of hydrogen-bond donors (Lipinski definition) is 4. The van der Waals surface area contributed by atoms with Gasteiger partial charge in [0.15, 0.2) is 12.3 Å². The van der Waals surface area contributed by atoms with Gasteiger partial charge >= 0.3 is 23.8 Å². The van der Waals surface area contributed by atoms with Gasteiger partial charge in [0.25, 0.3) is 0 Å². The molecule has 2 fully saturated rings. The van der Waals surface area contributed by atoms with Gasteiger partial charge in [0, 0.05) is 30.5 Å². The number of aliphatic hydroxyl groups excluding tert-OH is 2. The standard InChI is InChI=1S/C42H51N5O11/c1-25(2)57-39(51)33(20-22-55-41(53)44-35-19-21-46(40(52)43-35)38-26(3)37(50)34(23-48)58-38)47(36(49)18-17-27-11-5-4-6-12-27)45-42(54)56-24-32-30-15-9-7-13-28(30)29-14-8-10-16-31(29)32/h7-10,13-16,19,21,25,27,32-34,37-38,48,50H,3-6,11-12,17-18,20,22-24H2,1-2H3,(H,45,54)(H,43,44,52,53)/t33-,34-,37+,38-/m1/s1. The molecule has 0 bridgehead atoms. The third-order valence-corrected chi connectivity index (χ3v) is 10.7. The number of benzene rings is 2. The highest BCUT2D eigenvalue weighted by atomic mass is 16.6. The number of ether oxygens (including phenoxy) is 4. The fraction of sp³-hybridized carbons (Fsp3) is 0.476. The van der Waals surface area contributed by atoms with Crippen molar-refractivity contribution in [1.82, 2.24) is 20.0 Å². The number of carbonyl (C=O) groups excluding carboxylic acids is 4. The lowest BCUT2D eigenvalue weighted by molar-refractivity contribution is -0.161. The van der Waals surface area contributed by atoms with Gasteiger partial charge in [-0.3, -0.25) is 14.7 Å². The zero-order valence-corrected chi connectivity index (χ0v) is 32.7. The largest absolute Gasteiger partial charge is 0.461 e. The highest BCUT2D eigenvalue weighted by Crippen LogP contribution is 2.44. The molecule has 0 unspecified atom stereocenters. The maximum Gasteiger partial charge on any atom is 0.426 e. The fourth-order valence-electron chi connectivity index (χ4n) is 7.79. The van der Waals surface area contributed by atoms with Crippen molar-refractivity contribution in [2.45, 2.75) is 102 Å². The van der Waals surface area contributed by atoms with Crippen LogP contribution >= 0.6 is 0 Å². The number of carbonyl (C=O) groups is 4. The second kappa shape index (κ2) is 19.2. The minimum Gasteiger partial charge on any atom is -0.461 e. The molecule has 310 valence electrons. The number of anilines is 1. The molecule has 3 aromatic rings. The Morgan fingerprint density at radius 2 is 1.66 bits per heavy atom. The van der Waals surface area contributed by atoms with Gasteiger partial charge < -0.3 is 29.2 Å². The van der Waals surface area contributed by atoms with E-state index in [1.807, 2.05) is 48.5 Å². The van der Waals surface area contributed by atoms with Crippen LogP contribution in [0, 0.1) is 5.92 Å². The molecule has 6 rings (SSSR count). The second-order valence-electron chi connectivity index (χ2n) is 15.0. The van der Waals surface area contributed by atoms with Crippen molar-refractivity contribution >= 4 is 29.9 Å². The molecule has 1 aliphatic heterocycles. The number of hydrogen-bond acceptors (Lipinski definition) is 12. The fourth-order valence-corrected chi connectivity index (χ4v) is 7.79.